The van der Waals surface area contributed by atoms with Gasteiger partial charge in [0.25, 0.3) is 0 Å². The van der Waals surface area contributed by atoms with Crippen molar-refractivity contribution in [3.63, 3.8) is 0 Å². The lowest BCUT2D eigenvalue weighted by molar-refractivity contribution is 0.179. The van der Waals surface area contributed by atoms with Gasteiger partial charge in [-0.1, -0.05) is 148 Å². The summed E-state index contributed by atoms with van der Waals surface area (Å²) in [7, 11) is 0.154. The van der Waals surface area contributed by atoms with E-state index >= 15 is 0 Å². The Morgan fingerprint density at radius 2 is 0.811 bits per heavy atom. The van der Waals surface area contributed by atoms with Gasteiger partial charge in [-0.25, -0.2) is 0 Å². The fourth-order valence-electron chi connectivity index (χ4n) is 7.99. The van der Waals surface area contributed by atoms with Crippen molar-refractivity contribution in [3.05, 3.63) is 0 Å². The second kappa shape index (κ2) is 18.0. The van der Waals surface area contributed by atoms with Crippen LogP contribution in [0.4, 0.5) is 0 Å². The van der Waals surface area contributed by atoms with Crippen LogP contribution in [0.25, 0.3) is 0 Å². The first-order chi connectivity index (χ1) is 16.8. The van der Waals surface area contributed by atoms with Crippen LogP contribution in [0.3, 0.4) is 0 Å². The summed E-state index contributed by atoms with van der Waals surface area (Å²) in [5.41, 5.74) is 1.76. The zero-order valence-electron chi connectivity index (χ0n) is 28.6. The maximum Gasteiger partial charge on any atom is -0.0300 e. The molecular weight excluding hydrogens is 463 g/mol. The van der Waals surface area contributed by atoms with Gasteiger partial charge < -0.3 is 0 Å². The number of hydrogen-bond acceptors (Lipinski definition) is 0. The van der Waals surface area contributed by atoms with Gasteiger partial charge in [-0.15, -0.1) is 7.92 Å². The molecule has 0 aromatic rings. The summed E-state index contributed by atoms with van der Waals surface area (Å²) in [4.78, 5) is 0. The van der Waals surface area contributed by atoms with Gasteiger partial charge >= 0.3 is 0 Å². The van der Waals surface area contributed by atoms with E-state index in [4.69, 9.17) is 0 Å². The summed E-state index contributed by atoms with van der Waals surface area (Å²) < 4.78 is 0. The molecule has 0 saturated carbocycles. The average molecular weight is 539 g/mol. The molecule has 0 spiro atoms. The van der Waals surface area contributed by atoms with Gasteiger partial charge in [0.15, 0.2) is 0 Å². The number of rotatable bonds is 21. The monoisotopic (exact) mass is 539 g/mol. The van der Waals surface area contributed by atoms with E-state index in [1.54, 1.807) is 0 Å². The minimum atomic E-state index is 0.154. The standard InChI is InChI=1S/C36H75P/c1-14-15-16-17-18-19-20-21-22-23-24-37(27-31(2)25-35(10,11)29-33(4,5)6)28-32(3)26-36(12,13)30-34(7,8)9/h31-32H,14-30H2,1-13H3. The number of unbranched alkanes of at least 4 members (excludes halogenated alkanes) is 9. The Kier molecular flexibility index (Phi) is 18.2. The molecule has 0 aromatic heterocycles. The quantitative estimate of drug-likeness (QED) is 0.101. The van der Waals surface area contributed by atoms with Gasteiger partial charge in [0.1, 0.15) is 0 Å². The average Bonchev–Trinajstić information content (AvgIpc) is 2.64. The van der Waals surface area contributed by atoms with E-state index < -0.39 is 0 Å². The van der Waals surface area contributed by atoms with Gasteiger partial charge in [0.2, 0.25) is 0 Å². The van der Waals surface area contributed by atoms with Gasteiger partial charge in [-0.05, 0) is 84.1 Å². The van der Waals surface area contributed by atoms with Crippen LogP contribution >= 0.6 is 7.92 Å². The molecule has 0 bridgehead atoms. The fourth-order valence-corrected chi connectivity index (χ4v) is 11.2. The van der Waals surface area contributed by atoms with Crippen LogP contribution in [-0.4, -0.2) is 18.5 Å². The zero-order valence-corrected chi connectivity index (χ0v) is 29.5. The van der Waals surface area contributed by atoms with Crippen molar-refractivity contribution in [2.75, 3.05) is 18.5 Å². The molecule has 0 fully saturated rings. The highest BCUT2D eigenvalue weighted by Crippen LogP contribution is 2.47. The number of hydrogen-bond donors (Lipinski definition) is 0. The maximum absolute atomic E-state index is 2.58. The third-order valence-corrected chi connectivity index (χ3v) is 11.0. The summed E-state index contributed by atoms with van der Waals surface area (Å²) in [5.74, 6) is 1.72. The van der Waals surface area contributed by atoms with Crippen LogP contribution in [0.15, 0.2) is 0 Å². The Bertz CT molecular complexity index is 506. The summed E-state index contributed by atoms with van der Waals surface area (Å²) in [6, 6.07) is 0. The van der Waals surface area contributed by atoms with Gasteiger partial charge in [-0.2, -0.15) is 0 Å². The molecule has 1 heteroatoms. The first kappa shape index (κ1) is 37.4. The molecule has 2 unspecified atom stereocenters. The fraction of sp³-hybridized carbons (Fsp3) is 1.00. The Balaban J connectivity index is 4.84. The van der Waals surface area contributed by atoms with Crippen LogP contribution in [0.1, 0.15) is 180 Å². The van der Waals surface area contributed by atoms with Crippen molar-refractivity contribution >= 4 is 7.92 Å². The van der Waals surface area contributed by atoms with E-state index in [1.165, 1.54) is 108 Å². The highest BCUT2D eigenvalue weighted by molar-refractivity contribution is 7.57. The first-order valence-corrected chi connectivity index (χ1v) is 18.5. The normalized spacial score (nSPS) is 16.1. The molecule has 37 heavy (non-hydrogen) atoms. The Labute approximate surface area is 239 Å². The van der Waals surface area contributed by atoms with Gasteiger partial charge in [0, 0.05) is 0 Å². The van der Waals surface area contributed by atoms with Crippen LogP contribution in [0, 0.1) is 33.5 Å². The van der Waals surface area contributed by atoms with Crippen LogP contribution in [0.5, 0.6) is 0 Å². The highest BCUT2D eigenvalue weighted by atomic mass is 31.1. The van der Waals surface area contributed by atoms with Crippen LogP contribution in [0.2, 0.25) is 0 Å². The molecule has 0 nitrogen and oxygen atoms in total. The Hall–Kier alpha value is 0.430. The molecule has 0 aliphatic heterocycles. The van der Waals surface area contributed by atoms with E-state index in [1.807, 2.05) is 0 Å². The van der Waals surface area contributed by atoms with Crippen molar-refractivity contribution in [2.24, 2.45) is 33.5 Å². The molecule has 2 atom stereocenters. The minimum Gasteiger partial charge on any atom is -0.106 e. The molecule has 0 radical (unpaired) electrons. The van der Waals surface area contributed by atoms with Crippen molar-refractivity contribution in [1.82, 2.24) is 0 Å². The third-order valence-electron chi connectivity index (χ3n) is 7.79. The Morgan fingerprint density at radius 3 is 1.14 bits per heavy atom. The zero-order chi connectivity index (χ0) is 28.8. The van der Waals surface area contributed by atoms with Crippen molar-refractivity contribution < 1.29 is 0 Å². The maximum atomic E-state index is 2.58. The van der Waals surface area contributed by atoms with Gasteiger partial charge in [0.05, 0.1) is 0 Å². The lowest BCUT2D eigenvalue weighted by Gasteiger charge is -2.37. The van der Waals surface area contributed by atoms with Crippen molar-refractivity contribution in [3.8, 4) is 0 Å². The largest absolute Gasteiger partial charge is 0.106 e. The van der Waals surface area contributed by atoms with E-state index in [2.05, 4.69) is 90.0 Å². The molecule has 0 aliphatic rings. The second-order valence-corrected chi connectivity index (χ2v) is 19.9. The summed E-state index contributed by atoms with van der Waals surface area (Å²) in [5, 5.41) is 0. The topological polar surface area (TPSA) is 0 Å². The van der Waals surface area contributed by atoms with Gasteiger partial charge in [-0.3, -0.25) is 0 Å². The second-order valence-electron chi connectivity index (χ2n) is 17.4. The molecule has 0 aliphatic carbocycles. The van der Waals surface area contributed by atoms with E-state index in [-0.39, 0.29) is 7.92 Å². The predicted octanol–water partition coefficient (Wildman–Crippen LogP) is 13.4. The molecule has 0 N–H and O–H groups in total. The first-order valence-electron chi connectivity index (χ1n) is 16.6. The SMILES string of the molecule is CCCCCCCCCCCCP(CC(C)CC(C)(C)CC(C)(C)C)CC(C)CC(C)(C)CC(C)(C)C. The Morgan fingerprint density at radius 1 is 0.486 bits per heavy atom. The molecule has 0 saturated heterocycles. The molecule has 224 valence electrons. The smallest absolute Gasteiger partial charge is 0.0300 e. The molecule has 0 aromatic carbocycles. The summed E-state index contributed by atoms with van der Waals surface area (Å²) in [6.45, 7) is 32.1. The lowest BCUT2D eigenvalue weighted by Crippen LogP contribution is -2.25. The highest BCUT2D eigenvalue weighted by Gasteiger charge is 2.30. The summed E-state index contributed by atoms with van der Waals surface area (Å²) >= 11 is 0. The lowest BCUT2D eigenvalue weighted by atomic mass is 9.72. The van der Waals surface area contributed by atoms with E-state index in [9.17, 15) is 0 Å². The molecule has 0 amide bonds. The third kappa shape index (κ3) is 24.0. The molecule has 0 heterocycles. The minimum absolute atomic E-state index is 0.154. The molecular formula is C36H75P. The van der Waals surface area contributed by atoms with Crippen molar-refractivity contribution in [2.45, 2.75) is 180 Å². The van der Waals surface area contributed by atoms with E-state index in [0.717, 1.165) is 11.8 Å². The van der Waals surface area contributed by atoms with Crippen molar-refractivity contribution in [1.29, 1.82) is 0 Å². The van der Waals surface area contributed by atoms with Crippen LogP contribution < -0.4 is 0 Å². The molecule has 0 rings (SSSR count). The predicted molar refractivity (Wildman–Crippen MR) is 177 cm³/mol. The van der Waals surface area contributed by atoms with E-state index in [0.29, 0.717) is 21.7 Å². The van der Waals surface area contributed by atoms with Crippen LogP contribution in [-0.2, 0) is 0 Å². The summed E-state index contributed by atoms with van der Waals surface area (Å²) in [6.07, 6.45) is 24.5.